The third-order valence-electron chi connectivity index (χ3n) is 3.15. The fraction of sp³-hybridized carbons (Fsp3) is 1.00. The first kappa shape index (κ1) is 10.1. The van der Waals surface area contributed by atoms with Crippen molar-refractivity contribution in [2.45, 2.75) is 48.8 Å². The second-order valence-corrected chi connectivity index (χ2v) is 6.49. The minimum Gasteiger partial charge on any atom is -0.377 e. The van der Waals surface area contributed by atoms with Crippen molar-refractivity contribution in [2.75, 3.05) is 12.4 Å². The van der Waals surface area contributed by atoms with Crippen molar-refractivity contribution in [3.05, 3.63) is 0 Å². The predicted octanol–water partition coefficient (Wildman–Crippen LogP) is 3.06. The highest BCUT2D eigenvalue weighted by atomic mass is 35.5. The minimum atomic E-state index is 0.344. The number of hydrogen-bond acceptors (Lipinski definition) is 2. The average Bonchev–Trinajstić information content (AvgIpc) is 2.54. The van der Waals surface area contributed by atoms with Gasteiger partial charge in [0.2, 0.25) is 0 Å². The van der Waals surface area contributed by atoms with E-state index in [1.54, 1.807) is 0 Å². The van der Waals surface area contributed by atoms with Crippen LogP contribution in [0.2, 0.25) is 0 Å². The lowest BCUT2D eigenvalue weighted by Gasteiger charge is -2.37. The van der Waals surface area contributed by atoms with Crippen LogP contribution in [0.4, 0.5) is 0 Å². The van der Waals surface area contributed by atoms with Crippen molar-refractivity contribution in [3.8, 4) is 0 Å². The topological polar surface area (TPSA) is 9.23 Å². The molecule has 76 valence electrons. The first-order valence-corrected chi connectivity index (χ1v) is 6.52. The molecule has 2 aliphatic heterocycles. The summed E-state index contributed by atoms with van der Waals surface area (Å²) >= 11 is 8.23. The number of thioether (sulfide) groups is 1. The molecule has 2 fully saturated rings. The summed E-state index contributed by atoms with van der Waals surface area (Å²) in [6, 6.07) is 0. The number of halogens is 1. The minimum absolute atomic E-state index is 0.344. The Balaban J connectivity index is 1.98. The standard InChI is InChI=1S/C10H17ClOS/c1-10(4-2-6-13-10)9-7-8(11)3-5-12-9/h8-9H,2-7H2,1H3. The van der Waals surface area contributed by atoms with Gasteiger partial charge in [-0.3, -0.25) is 0 Å². The molecule has 0 aromatic rings. The maximum atomic E-state index is 6.16. The van der Waals surface area contributed by atoms with Gasteiger partial charge in [0, 0.05) is 16.7 Å². The molecule has 0 aliphatic carbocycles. The highest BCUT2D eigenvalue weighted by Gasteiger charge is 2.40. The molecule has 3 atom stereocenters. The summed E-state index contributed by atoms with van der Waals surface area (Å²) in [4.78, 5) is 0. The van der Waals surface area contributed by atoms with Crippen molar-refractivity contribution in [1.29, 1.82) is 0 Å². The molecular formula is C10H17ClOS. The monoisotopic (exact) mass is 220 g/mol. The lowest BCUT2D eigenvalue weighted by atomic mass is 9.93. The zero-order valence-electron chi connectivity index (χ0n) is 8.09. The van der Waals surface area contributed by atoms with Gasteiger partial charge in [-0.1, -0.05) is 0 Å². The molecular weight excluding hydrogens is 204 g/mol. The van der Waals surface area contributed by atoms with Crippen LogP contribution in [-0.2, 0) is 4.74 Å². The molecule has 2 saturated heterocycles. The molecule has 0 saturated carbocycles. The van der Waals surface area contributed by atoms with Gasteiger partial charge in [-0.05, 0) is 38.4 Å². The third kappa shape index (κ3) is 2.16. The maximum absolute atomic E-state index is 6.16. The van der Waals surface area contributed by atoms with E-state index < -0.39 is 0 Å². The third-order valence-corrected chi connectivity index (χ3v) is 5.17. The normalized spacial score (nSPS) is 46.6. The van der Waals surface area contributed by atoms with E-state index in [9.17, 15) is 0 Å². The van der Waals surface area contributed by atoms with Gasteiger partial charge in [0.15, 0.2) is 0 Å². The summed E-state index contributed by atoms with van der Waals surface area (Å²) in [6.45, 7) is 3.19. The molecule has 0 amide bonds. The molecule has 3 unspecified atom stereocenters. The summed E-state index contributed by atoms with van der Waals surface area (Å²) in [5.41, 5.74) is 0. The molecule has 2 aliphatic rings. The second-order valence-electron chi connectivity index (χ2n) is 4.25. The Kier molecular flexibility index (Phi) is 3.11. The van der Waals surface area contributed by atoms with Crippen LogP contribution in [-0.4, -0.2) is 28.6 Å². The van der Waals surface area contributed by atoms with Gasteiger partial charge in [-0.25, -0.2) is 0 Å². The largest absolute Gasteiger partial charge is 0.377 e. The fourth-order valence-electron chi connectivity index (χ4n) is 2.24. The first-order valence-electron chi connectivity index (χ1n) is 5.10. The van der Waals surface area contributed by atoms with Gasteiger partial charge in [0.25, 0.3) is 0 Å². The Morgan fingerprint density at radius 2 is 2.38 bits per heavy atom. The zero-order valence-corrected chi connectivity index (χ0v) is 9.66. The fourth-order valence-corrected chi connectivity index (χ4v) is 3.88. The second kappa shape index (κ2) is 4.00. The molecule has 0 aromatic carbocycles. The van der Waals surface area contributed by atoms with E-state index in [0.717, 1.165) is 19.4 Å². The summed E-state index contributed by atoms with van der Waals surface area (Å²) in [6.07, 6.45) is 5.11. The Morgan fingerprint density at radius 1 is 1.54 bits per heavy atom. The van der Waals surface area contributed by atoms with Gasteiger partial charge in [-0.2, -0.15) is 11.8 Å². The van der Waals surface area contributed by atoms with E-state index in [-0.39, 0.29) is 0 Å². The van der Waals surface area contributed by atoms with E-state index in [1.165, 1.54) is 18.6 Å². The smallest absolute Gasteiger partial charge is 0.0733 e. The van der Waals surface area contributed by atoms with Gasteiger partial charge < -0.3 is 4.74 Å². The van der Waals surface area contributed by atoms with Crippen LogP contribution in [0.15, 0.2) is 0 Å². The SMILES string of the molecule is CC1(C2CC(Cl)CCO2)CCCS1. The van der Waals surface area contributed by atoms with Crippen molar-refractivity contribution < 1.29 is 4.74 Å². The molecule has 0 N–H and O–H groups in total. The van der Waals surface area contributed by atoms with Crippen molar-refractivity contribution in [3.63, 3.8) is 0 Å². The molecule has 13 heavy (non-hydrogen) atoms. The number of ether oxygens (including phenoxy) is 1. The van der Waals surface area contributed by atoms with E-state index in [1.807, 2.05) is 0 Å². The summed E-state index contributed by atoms with van der Waals surface area (Å²) < 4.78 is 6.18. The van der Waals surface area contributed by atoms with Crippen LogP contribution in [0.5, 0.6) is 0 Å². The molecule has 0 spiro atoms. The van der Waals surface area contributed by atoms with Crippen LogP contribution in [0.1, 0.15) is 32.6 Å². The van der Waals surface area contributed by atoms with E-state index in [2.05, 4.69) is 18.7 Å². The Bertz CT molecular complexity index is 180. The molecule has 0 aromatic heterocycles. The van der Waals surface area contributed by atoms with Crippen molar-refractivity contribution in [1.82, 2.24) is 0 Å². The summed E-state index contributed by atoms with van der Waals surface area (Å²) in [7, 11) is 0. The van der Waals surface area contributed by atoms with Crippen LogP contribution in [0.3, 0.4) is 0 Å². The van der Waals surface area contributed by atoms with Crippen LogP contribution >= 0.6 is 23.4 Å². The van der Waals surface area contributed by atoms with Crippen LogP contribution in [0, 0.1) is 0 Å². The lowest BCUT2D eigenvalue weighted by molar-refractivity contribution is -0.00377. The van der Waals surface area contributed by atoms with Crippen molar-refractivity contribution in [2.24, 2.45) is 0 Å². The van der Waals surface area contributed by atoms with Gasteiger partial charge in [-0.15, -0.1) is 11.6 Å². The first-order chi connectivity index (χ1) is 6.21. The van der Waals surface area contributed by atoms with Gasteiger partial charge >= 0.3 is 0 Å². The van der Waals surface area contributed by atoms with Gasteiger partial charge in [0.05, 0.1) is 6.10 Å². The molecule has 2 heterocycles. The zero-order chi connectivity index (χ0) is 9.31. The summed E-state index contributed by atoms with van der Waals surface area (Å²) in [5.74, 6) is 1.29. The quantitative estimate of drug-likeness (QED) is 0.629. The molecule has 1 nitrogen and oxygen atoms in total. The van der Waals surface area contributed by atoms with Crippen molar-refractivity contribution >= 4 is 23.4 Å². The van der Waals surface area contributed by atoms with Crippen LogP contribution < -0.4 is 0 Å². The highest BCUT2D eigenvalue weighted by Crippen LogP contribution is 2.44. The maximum Gasteiger partial charge on any atom is 0.0733 e. The Labute approximate surface area is 89.6 Å². The average molecular weight is 221 g/mol. The van der Waals surface area contributed by atoms with E-state index in [4.69, 9.17) is 16.3 Å². The van der Waals surface area contributed by atoms with Gasteiger partial charge in [0.1, 0.15) is 0 Å². The van der Waals surface area contributed by atoms with E-state index in [0.29, 0.717) is 16.2 Å². The lowest BCUT2D eigenvalue weighted by Crippen LogP contribution is -2.41. The molecule has 2 rings (SSSR count). The van der Waals surface area contributed by atoms with E-state index >= 15 is 0 Å². The number of hydrogen-bond donors (Lipinski definition) is 0. The van der Waals surface area contributed by atoms with Crippen LogP contribution in [0.25, 0.3) is 0 Å². The molecule has 0 bridgehead atoms. The predicted molar refractivity (Wildman–Crippen MR) is 58.7 cm³/mol. The molecule has 3 heteroatoms. The number of alkyl halides is 1. The molecule has 0 radical (unpaired) electrons. The Hall–Kier alpha value is 0.600. The number of rotatable bonds is 1. The Morgan fingerprint density at radius 3 is 3.00 bits per heavy atom. The highest BCUT2D eigenvalue weighted by molar-refractivity contribution is 8.00. The summed E-state index contributed by atoms with van der Waals surface area (Å²) in [5, 5.41) is 0.344.